The fourth-order valence-corrected chi connectivity index (χ4v) is 9.16. The first-order chi connectivity index (χ1) is 45.9. The number of carboxylic acids is 3. The van der Waals surface area contributed by atoms with Crippen LogP contribution >= 0.6 is 34.8 Å². The molecule has 3 saturated heterocycles. The predicted octanol–water partition coefficient (Wildman–Crippen LogP) is 6.46. The van der Waals surface area contributed by atoms with E-state index >= 15 is 0 Å². The zero-order valence-electron chi connectivity index (χ0n) is 52.8. The SMILES string of the molecule is CC(C)C(=O)O.CC(C)C(=O)O.CC(C)C(=O)O.O=C(OC1c2nccnc2C(=O)N1c1ccc(Cl)cc1)N1CCNCC1.O=C(O[C@H]1c2nccnc2C(=O)N1c1ccc(Cl)cn1)N1CCNCC1.O=C(O[C@H]1c2nccnc2C(=O)N1c1ccc(Cl)cn1)N1CCNCC1. The summed E-state index contributed by atoms with van der Waals surface area (Å²) in [5.41, 5.74) is 1.92. The predicted molar refractivity (Wildman–Crippen MR) is 345 cm³/mol. The monoisotopic (exact) mass is 1390 g/mol. The smallest absolute Gasteiger partial charge is 0.412 e. The van der Waals surface area contributed by atoms with E-state index in [4.69, 9.17) is 64.3 Å². The lowest BCUT2D eigenvalue weighted by atomic mass is 10.2. The molecule has 35 heteroatoms. The van der Waals surface area contributed by atoms with Crippen molar-refractivity contribution in [3.05, 3.63) is 147 Å². The number of rotatable bonds is 9. The van der Waals surface area contributed by atoms with Crippen molar-refractivity contribution in [3.8, 4) is 0 Å². The largest absolute Gasteiger partial charge is 0.481 e. The lowest BCUT2D eigenvalue weighted by Crippen LogP contribution is -2.47. The molecule has 0 aliphatic carbocycles. The van der Waals surface area contributed by atoms with Crippen LogP contribution in [0.5, 0.6) is 0 Å². The molecule has 1 aromatic carbocycles. The van der Waals surface area contributed by atoms with Gasteiger partial charge >= 0.3 is 36.2 Å². The average molecular weight is 1390 g/mol. The number of amides is 6. The van der Waals surface area contributed by atoms with E-state index in [1.807, 2.05) is 0 Å². The van der Waals surface area contributed by atoms with Gasteiger partial charge in [0.2, 0.25) is 18.7 Å². The number of hydrogen-bond acceptors (Lipinski definition) is 23. The molecule has 12 rings (SSSR count). The Morgan fingerprint density at radius 1 is 0.406 bits per heavy atom. The van der Waals surface area contributed by atoms with Crippen molar-refractivity contribution < 1.29 is 72.7 Å². The van der Waals surface area contributed by atoms with Crippen molar-refractivity contribution in [2.45, 2.75) is 60.2 Å². The summed E-state index contributed by atoms with van der Waals surface area (Å²) in [5, 5.41) is 34.9. The second-order valence-corrected chi connectivity index (χ2v) is 23.2. The first-order valence-corrected chi connectivity index (χ1v) is 31.1. The number of carboxylic acid groups (broad SMARTS) is 3. The summed E-state index contributed by atoms with van der Waals surface area (Å²) in [4.78, 5) is 147. The minimum absolute atomic E-state index is 0.141. The van der Waals surface area contributed by atoms with Crippen LogP contribution in [0.1, 0.15) is 109 Å². The minimum atomic E-state index is -1.03. The number of pyridine rings is 2. The highest BCUT2D eigenvalue weighted by atomic mass is 35.5. The number of fused-ring (bicyclic) bond motifs is 3. The van der Waals surface area contributed by atoms with Crippen molar-refractivity contribution in [2.75, 3.05) is 93.2 Å². The molecular formula is C61H70Cl3N17O15. The van der Waals surface area contributed by atoms with E-state index in [9.17, 15) is 43.2 Å². The van der Waals surface area contributed by atoms with E-state index in [-0.39, 0.29) is 52.1 Å². The molecule has 6 aliphatic rings. The fraction of sp³-hybridized carbons (Fsp3) is 0.393. The van der Waals surface area contributed by atoms with Crippen LogP contribution in [0.2, 0.25) is 15.1 Å². The van der Waals surface area contributed by atoms with E-state index in [0.717, 1.165) is 0 Å². The molecule has 3 atom stereocenters. The molecule has 5 aromatic heterocycles. The molecule has 510 valence electrons. The molecule has 96 heavy (non-hydrogen) atoms. The van der Waals surface area contributed by atoms with Gasteiger partial charge < -0.3 is 60.2 Å². The Morgan fingerprint density at radius 2 is 0.667 bits per heavy atom. The quantitative estimate of drug-likeness (QED) is 0.0845. The molecule has 1 unspecified atom stereocenters. The molecule has 3 fully saturated rings. The molecule has 6 amide bonds. The number of piperazine rings is 3. The van der Waals surface area contributed by atoms with Gasteiger partial charge in [0.25, 0.3) is 17.7 Å². The summed E-state index contributed by atoms with van der Waals surface area (Å²) in [7, 11) is 0. The minimum Gasteiger partial charge on any atom is -0.481 e. The number of carbonyl (C=O) groups is 9. The Bertz CT molecular complexity index is 3320. The molecule has 6 aromatic rings. The van der Waals surface area contributed by atoms with Gasteiger partial charge in [-0.1, -0.05) is 76.3 Å². The first-order valence-electron chi connectivity index (χ1n) is 30.0. The Kier molecular flexibility index (Phi) is 26.9. The maximum atomic E-state index is 12.8. The summed E-state index contributed by atoms with van der Waals surface area (Å²) < 4.78 is 16.9. The van der Waals surface area contributed by atoms with E-state index in [1.165, 1.54) is 64.3 Å². The number of aliphatic carboxylic acids is 3. The molecule has 0 bridgehead atoms. The Hall–Kier alpha value is -9.86. The highest BCUT2D eigenvalue weighted by molar-refractivity contribution is 6.31. The van der Waals surface area contributed by atoms with Gasteiger partial charge in [-0.05, 0) is 48.5 Å². The third kappa shape index (κ3) is 19.4. The van der Waals surface area contributed by atoms with Crippen molar-refractivity contribution in [2.24, 2.45) is 17.8 Å². The Morgan fingerprint density at radius 3 is 0.938 bits per heavy atom. The highest BCUT2D eigenvalue weighted by Gasteiger charge is 2.47. The number of nitrogens with one attached hydrogen (secondary N) is 3. The lowest BCUT2D eigenvalue weighted by Gasteiger charge is -2.30. The van der Waals surface area contributed by atoms with Gasteiger partial charge in [0, 0.05) is 139 Å². The van der Waals surface area contributed by atoms with Gasteiger partial charge in [-0.3, -0.25) is 48.6 Å². The molecule has 6 N–H and O–H groups in total. The number of anilines is 3. The number of ether oxygens (including phenoxy) is 3. The second-order valence-electron chi connectivity index (χ2n) is 21.9. The molecule has 6 aliphatic heterocycles. The maximum Gasteiger partial charge on any atom is 0.412 e. The normalized spacial score (nSPS) is 17.5. The Labute approximate surface area is 565 Å². The average Bonchev–Trinajstić information content (AvgIpc) is 1.63. The van der Waals surface area contributed by atoms with Gasteiger partial charge in [-0.25, -0.2) is 49.1 Å². The van der Waals surface area contributed by atoms with Crippen molar-refractivity contribution in [1.29, 1.82) is 0 Å². The molecule has 0 saturated carbocycles. The summed E-state index contributed by atoms with van der Waals surface area (Å²) in [6.07, 6.45) is 6.99. The molecule has 11 heterocycles. The molecule has 0 spiro atoms. The van der Waals surface area contributed by atoms with Gasteiger partial charge in [-0.15, -0.1) is 0 Å². The van der Waals surface area contributed by atoms with Gasteiger partial charge in [-0.2, -0.15) is 0 Å². The van der Waals surface area contributed by atoms with E-state index in [0.29, 0.717) is 117 Å². The van der Waals surface area contributed by atoms with Crippen molar-refractivity contribution in [3.63, 3.8) is 0 Å². The van der Waals surface area contributed by atoms with Crippen LogP contribution in [-0.2, 0) is 28.6 Å². The highest BCUT2D eigenvalue weighted by Crippen LogP contribution is 2.39. The van der Waals surface area contributed by atoms with Crippen molar-refractivity contribution >= 4 is 106 Å². The van der Waals surface area contributed by atoms with Gasteiger partial charge in [0.05, 0.1) is 27.8 Å². The number of nitrogens with zero attached hydrogens (tertiary/aromatic N) is 14. The number of hydrogen-bond donors (Lipinski definition) is 6. The first kappa shape index (κ1) is 73.5. The van der Waals surface area contributed by atoms with Crippen molar-refractivity contribution in [1.82, 2.24) is 70.5 Å². The summed E-state index contributed by atoms with van der Waals surface area (Å²) >= 11 is 17.7. The van der Waals surface area contributed by atoms with Crippen LogP contribution in [0, 0.1) is 17.8 Å². The van der Waals surface area contributed by atoms with Crippen LogP contribution in [-0.4, -0.2) is 202 Å². The number of aromatic nitrogens is 8. The van der Waals surface area contributed by atoms with Crippen LogP contribution in [0.4, 0.5) is 31.7 Å². The zero-order chi connectivity index (χ0) is 69.8. The van der Waals surface area contributed by atoms with Crippen LogP contribution in [0.3, 0.4) is 0 Å². The van der Waals surface area contributed by atoms with E-state index in [2.05, 4.69) is 55.8 Å². The number of benzene rings is 1. The van der Waals surface area contributed by atoms with Gasteiger partial charge in [0.1, 0.15) is 28.7 Å². The van der Waals surface area contributed by atoms with Crippen LogP contribution < -0.4 is 30.7 Å². The summed E-state index contributed by atoms with van der Waals surface area (Å²) in [5.74, 6) is -3.54. The third-order valence-corrected chi connectivity index (χ3v) is 14.8. The second kappa shape index (κ2) is 35.0. The summed E-state index contributed by atoms with van der Waals surface area (Å²) in [6.45, 7) is 17.3. The lowest BCUT2D eigenvalue weighted by molar-refractivity contribution is -0.141. The number of carbonyl (C=O) groups excluding carboxylic acids is 6. The molecular weight excluding hydrogens is 1320 g/mol. The number of halogens is 3. The topological polar surface area (TPSA) is 401 Å². The molecule has 32 nitrogen and oxygen atoms in total. The van der Waals surface area contributed by atoms with E-state index in [1.54, 1.807) is 105 Å². The van der Waals surface area contributed by atoms with Gasteiger partial charge in [0.15, 0.2) is 17.1 Å². The van der Waals surface area contributed by atoms with Crippen LogP contribution in [0.25, 0.3) is 0 Å². The molecule has 0 radical (unpaired) electrons. The fourth-order valence-electron chi connectivity index (χ4n) is 8.81. The third-order valence-electron chi connectivity index (χ3n) is 14.1. The zero-order valence-corrected chi connectivity index (χ0v) is 55.1. The van der Waals surface area contributed by atoms with Crippen LogP contribution in [0.15, 0.2) is 98.1 Å². The summed E-state index contributed by atoms with van der Waals surface area (Å²) in [6, 6.07) is 13.1. The Balaban J connectivity index is 0.000000180. The standard InChI is InChI=1S/C17H16ClN5O3.2C16H15ClN6O3.3C4H8O2/c18-11-1-3-12(4-2-11)23-15(24)13-14(21-6-5-20-13)16(23)26-17(25)22-9-7-19-8-10-22;2*17-10-1-2-11(21-9-10)23-14(24)12-13(20-4-3-19-12)15(23)26-16(25)22-7-5-18-6-8-22;3*1-3(2)4(5)6/h1-6,16,19H,7-10H2;2*1-4,9,15,18H,5-8H2;3*3H,1-2H3,(H,5,6)/t;2*15-;;;/m.00.../s1. The van der Waals surface area contributed by atoms with E-state index < -0.39 is 66.7 Å². The maximum absolute atomic E-state index is 12.8.